The third-order valence-corrected chi connectivity index (χ3v) is 3.21. The van der Waals surface area contributed by atoms with Crippen LogP contribution in [0.2, 0.25) is 0 Å². The lowest BCUT2D eigenvalue weighted by atomic mass is 9.95. The number of alkyl carbamates (subject to hydrolysis) is 1. The number of nitrogens with one attached hydrogen (secondary N) is 1. The maximum atomic E-state index is 11.6. The van der Waals surface area contributed by atoms with E-state index in [0.717, 1.165) is 31.2 Å². The van der Waals surface area contributed by atoms with E-state index in [-0.39, 0.29) is 6.10 Å². The molecule has 4 heteroatoms. The maximum absolute atomic E-state index is 11.6. The molecule has 0 unspecified atom stereocenters. The van der Waals surface area contributed by atoms with Crippen LogP contribution in [-0.2, 0) is 11.3 Å². The Hall–Kier alpha value is -1.55. The van der Waals surface area contributed by atoms with Crippen molar-refractivity contribution in [3.05, 3.63) is 35.9 Å². The average Bonchev–Trinajstić information content (AvgIpc) is 2.40. The topological polar surface area (TPSA) is 58.6 Å². The van der Waals surface area contributed by atoms with Crippen molar-refractivity contribution in [1.82, 2.24) is 5.32 Å². The number of ether oxygens (including phenoxy) is 1. The Morgan fingerprint density at radius 1 is 1.28 bits per heavy atom. The Balaban J connectivity index is 1.75. The number of hydrogen-bond donors (Lipinski definition) is 2. The van der Waals surface area contributed by atoms with Gasteiger partial charge in [0.05, 0.1) is 6.10 Å². The number of amides is 1. The lowest BCUT2D eigenvalue weighted by Crippen LogP contribution is -2.37. The van der Waals surface area contributed by atoms with Crippen LogP contribution in [0.25, 0.3) is 0 Å². The van der Waals surface area contributed by atoms with Crippen LogP contribution in [0.5, 0.6) is 0 Å². The van der Waals surface area contributed by atoms with Crippen LogP contribution >= 0.6 is 0 Å². The van der Waals surface area contributed by atoms with E-state index in [0.29, 0.717) is 6.54 Å². The second-order valence-electron chi connectivity index (χ2n) is 4.63. The molecule has 2 N–H and O–H groups in total. The molecule has 1 aromatic rings. The lowest BCUT2D eigenvalue weighted by molar-refractivity contribution is -0.0212. The van der Waals surface area contributed by atoms with Crippen LogP contribution in [-0.4, -0.2) is 23.4 Å². The molecule has 0 bridgehead atoms. The molecule has 1 aromatic carbocycles. The van der Waals surface area contributed by atoms with E-state index >= 15 is 0 Å². The predicted molar refractivity (Wildman–Crippen MR) is 68.0 cm³/mol. The highest BCUT2D eigenvalue weighted by Gasteiger charge is 2.26. The highest BCUT2D eigenvalue weighted by molar-refractivity contribution is 5.67. The summed E-state index contributed by atoms with van der Waals surface area (Å²) in [6.07, 6.45) is 2.16. The lowest BCUT2D eigenvalue weighted by Gasteiger charge is -2.27. The number of hydrogen-bond acceptors (Lipinski definition) is 3. The Labute approximate surface area is 107 Å². The summed E-state index contributed by atoms with van der Waals surface area (Å²) in [5.74, 6) is 0. The van der Waals surface area contributed by atoms with Crippen LogP contribution in [0.3, 0.4) is 0 Å². The first-order chi connectivity index (χ1) is 8.75. The highest BCUT2D eigenvalue weighted by atomic mass is 16.6. The van der Waals surface area contributed by atoms with Crippen molar-refractivity contribution >= 4 is 6.09 Å². The molecule has 0 saturated heterocycles. The van der Waals surface area contributed by atoms with Gasteiger partial charge in [0.25, 0.3) is 0 Å². The third kappa shape index (κ3) is 3.74. The predicted octanol–water partition coefficient (Wildman–Crippen LogP) is 2.22. The minimum atomic E-state index is -0.513. The standard InChI is InChI=1S/C14H19NO3/c16-12-8-4-5-9-13(12)18-14(17)15-10-11-6-2-1-3-7-11/h1-3,6-7,12-13,16H,4-5,8-10H2,(H,15,17)/t12-,13-/m1/s1. The molecule has 1 aliphatic rings. The second kappa shape index (κ2) is 6.40. The molecule has 98 valence electrons. The fourth-order valence-corrected chi connectivity index (χ4v) is 2.16. The fraction of sp³-hybridized carbons (Fsp3) is 0.500. The number of carbonyl (C=O) groups is 1. The van der Waals surface area contributed by atoms with E-state index in [9.17, 15) is 9.90 Å². The average molecular weight is 249 g/mol. The molecule has 4 nitrogen and oxygen atoms in total. The van der Waals surface area contributed by atoms with E-state index in [1.807, 2.05) is 30.3 Å². The SMILES string of the molecule is O=C(NCc1ccccc1)O[C@@H]1CCCC[C@H]1O. The monoisotopic (exact) mass is 249 g/mol. The van der Waals surface area contributed by atoms with Gasteiger partial charge in [-0.2, -0.15) is 0 Å². The van der Waals surface area contributed by atoms with Crippen molar-refractivity contribution in [2.75, 3.05) is 0 Å². The van der Waals surface area contributed by atoms with Crippen molar-refractivity contribution < 1.29 is 14.6 Å². The summed E-state index contributed by atoms with van der Waals surface area (Å²) in [6.45, 7) is 0.447. The van der Waals surface area contributed by atoms with E-state index in [1.165, 1.54) is 0 Å². The summed E-state index contributed by atoms with van der Waals surface area (Å²) in [4.78, 5) is 11.6. The Kier molecular flexibility index (Phi) is 4.59. The van der Waals surface area contributed by atoms with E-state index in [1.54, 1.807) is 0 Å². The summed E-state index contributed by atoms with van der Waals surface area (Å²) >= 11 is 0. The summed E-state index contributed by atoms with van der Waals surface area (Å²) in [7, 11) is 0. The minimum Gasteiger partial charge on any atom is -0.443 e. The summed E-state index contributed by atoms with van der Waals surface area (Å²) in [6, 6.07) is 9.66. The molecule has 0 spiro atoms. The van der Waals surface area contributed by atoms with E-state index in [4.69, 9.17) is 4.74 Å². The Morgan fingerprint density at radius 2 is 2.00 bits per heavy atom. The van der Waals surface area contributed by atoms with Gasteiger partial charge in [-0.05, 0) is 24.8 Å². The first-order valence-electron chi connectivity index (χ1n) is 6.42. The molecule has 0 heterocycles. The largest absolute Gasteiger partial charge is 0.443 e. The number of benzene rings is 1. The van der Waals surface area contributed by atoms with Gasteiger partial charge in [-0.3, -0.25) is 0 Å². The van der Waals surface area contributed by atoms with E-state index < -0.39 is 12.2 Å². The van der Waals surface area contributed by atoms with Gasteiger partial charge in [-0.1, -0.05) is 36.8 Å². The zero-order valence-electron chi connectivity index (χ0n) is 10.3. The quantitative estimate of drug-likeness (QED) is 0.863. The number of aliphatic hydroxyl groups is 1. The molecule has 0 radical (unpaired) electrons. The summed E-state index contributed by atoms with van der Waals surface area (Å²) in [5.41, 5.74) is 1.03. The first kappa shape index (κ1) is 12.9. The molecule has 1 aliphatic carbocycles. The zero-order valence-corrected chi connectivity index (χ0v) is 10.3. The van der Waals surface area contributed by atoms with Gasteiger partial charge in [-0.25, -0.2) is 4.79 Å². The van der Waals surface area contributed by atoms with Crippen molar-refractivity contribution in [1.29, 1.82) is 0 Å². The molecular weight excluding hydrogens is 230 g/mol. The molecule has 18 heavy (non-hydrogen) atoms. The van der Waals surface area contributed by atoms with Crippen LogP contribution in [0, 0.1) is 0 Å². The van der Waals surface area contributed by atoms with Crippen LogP contribution in [0.4, 0.5) is 4.79 Å². The molecule has 1 amide bonds. The number of rotatable bonds is 3. The van der Waals surface area contributed by atoms with Crippen molar-refractivity contribution in [3.8, 4) is 0 Å². The van der Waals surface area contributed by atoms with Crippen molar-refractivity contribution in [2.24, 2.45) is 0 Å². The fourth-order valence-electron chi connectivity index (χ4n) is 2.16. The van der Waals surface area contributed by atoms with Crippen molar-refractivity contribution in [2.45, 2.75) is 44.4 Å². The zero-order chi connectivity index (χ0) is 12.8. The molecule has 0 aliphatic heterocycles. The van der Waals surface area contributed by atoms with Crippen LogP contribution in [0.15, 0.2) is 30.3 Å². The number of aliphatic hydroxyl groups excluding tert-OH is 1. The maximum Gasteiger partial charge on any atom is 0.407 e. The molecule has 1 fully saturated rings. The smallest absolute Gasteiger partial charge is 0.407 e. The summed E-state index contributed by atoms with van der Waals surface area (Å²) in [5, 5.41) is 12.4. The van der Waals surface area contributed by atoms with Gasteiger partial charge in [0, 0.05) is 6.54 Å². The van der Waals surface area contributed by atoms with Gasteiger partial charge >= 0.3 is 6.09 Å². The summed E-state index contributed by atoms with van der Waals surface area (Å²) < 4.78 is 5.23. The highest BCUT2D eigenvalue weighted by Crippen LogP contribution is 2.21. The normalized spacial score (nSPS) is 23.4. The van der Waals surface area contributed by atoms with E-state index in [2.05, 4.69) is 5.32 Å². The molecule has 2 atom stereocenters. The Morgan fingerprint density at radius 3 is 2.72 bits per heavy atom. The molecule has 0 aromatic heterocycles. The van der Waals surface area contributed by atoms with Crippen molar-refractivity contribution in [3.63, 3.8) is 0 Å². The molecular formula is C14H19NO3. The molecule has 2 rings (SSSR count). The van der Waals surface area contributed by atoms with Gasteiger partial charge in [0.1, 0.15) is 6.10 Å². The minimum absolute atomic E-state index is 0.352. The van der Waals surface area contributed by atoms with Crippen LogP contribution < -0.4 is 5.32 Å². The van der Waals surface area contributed by atoms with Gasteiger partial charge in [-0.15, -0.1) is 0 Å². The molecule has 1 saturated carbocycles. The van der Waals surface area contributed by atoms with Gasteiger partial charge < -0.3 is 15.2 Å². The Bertz CT molecular complexity index is 380. The number of carbonyl (C=O) groups excluding carboxylic acids is 1. The second-order valence-corrected chi connectivity index (χ2v) is 4.63. The van der Waals surface area contributed by atoms with Crippen LogP contribution in [0.1, 0.15) is 31.2 Å². The van der Waals surface area contributed by atoms with Gasteiger partial charge in [0.15, 0.2) is 0 Å². The third-order valence-electron chi connectivity index (χ3n) is 3.21. The first-order valence-corrected chi connectivity index (χ1v) is 6.42. The van der Waals surface area contributed by atoms with Gasteiger partial charge in [0.2, 0.25) is 0 Å².